The number of hydrogen-bond acceptors (Lipinski definition) is 9. The number of hydrogen-bond donors (Lipinski definition) is 5. The van der Waals surface area contributed by atoms with Crippen LogP contribution in [0.25, 0.3) is 11.1 Å². The van der Waals surface area contributed by atoms with Crippen molar-refractivity contribution in [2.24, 2.45) is 0 Å². The molecule has 1 aliphatic heterocycles. The van der Waals surface area contributed by atoms with E-state index in [0.717, 1.165) is 0 Å². The van der Waals surface area contributed by atoms with Crippen LogP contribution in [0.4, 0.5) is 5.82 Å². The SMILES string of the molecule is OCCCNc1ncnc2c(C3O[C@H](CO)[C@@H](O)[C@H]3O)coc12. The van der Waals surface area contributed by atoms with Crippen LogP contribution in [0.3, 0.4) is 0 Å². The molecule has 4 atom stereocenters. The molecule has 2 aromatic heterocycles. The Morgan fingerprint density at radius 3 is 2.70 bits per heavy atom. The third-order valence-corrected chi connectivity index (χ3v) is 3.86. The molecule has 23 heavy (non-hydrogen) atoms. The van der Waals surface area contributed by atoms with Gasteiger partial charge in [-0.05, 0) is 6.42 Å². The zero-order valence-corrected chi connectivity index (χ0v) is 12.3. The summed E-state index contributed by atoms with van der Waals surface area (Å²) >= 11 is 0. The van der Waals surface area contributed by atoms with Crippen molar-refractivity contribution in [2.45, 2.75) is 30.8 Å². The van der Waals surface area contributed by atoms with Crippen LogP contribution in [-0.2, 0) is 4.74 Å². The number of nitrogens with zero attached hydrogens (tertiary/aromatic N) is 2. The molecule has 1 aliphatic rings. The van der Waals surface area contributed by atoms with Crippen LogP contribution >= 0.6 is 0 Å². The molecular weight excluding hydrogens is 306 g/mol. The van der Waals surface area contributed by atoms with Gasteiger partial charge in [-0.1, -0.05) is 0 Å². The maximum Gasteiger partial charge on any atom is 0.194 e. The van der Waals surface area contributed by atoms with Crippen LogP contribution in [0, 0.1) is 0 Å². The zero-order valence-electron chi connectivity index (χ0n) is 12.3. The van der Waals surface area contributed by atoms with Gasteiger partial charge in [0, 0.05) is 18.7 Å². The summed E-state index contributed by atoms with van der Waals surface area (Å²) in [5.74, 6) is 0.474. The number of furan rings is 1. The Labute approximate surface area is 131 Å². The molecular formula is C14H19N3O6. The van der Waals surface area contributed by atoms with Gasteiger partial charge in [0.15, 0.2) is 11.4 Å². The van der Waals surface area contributed by atoms with E-state index in [1.165, 1.54) is 12.6 Å². The van der Waals surface area contributed by atoms with Crippen molar-refractivity contribution in [2.75, 3.05) is 25.1 Å². The topological polar surface area (TPSA) is 141 Å². The highest BCUT2D eigenvalue weighted by Gasteiger charge is 2.44. The Hall–Kier alpha value is -1.78. The van der Waals surface area contributed by atoms with E-state index < -0.39 is 31.0 Å². The summed E-state index contributed by atoms with van der Waals surface area (Å²) in [5, 5.41) is 41.0. The Kier molecular flexibility index (Phi) is 4.74. The quantitative estimate of drug-likeness (QED) is 0.430. The van der Waals surface area contributed by atoms with E-state index >= 15 is 0 Å². The summed E-state index contributed by atoms with van der Waals surface area (Å²) < 4.78 is 11.0. The molecule has 0 amide bonds. The van der Waals surface area contributed by atoms with Crippen LogP contribution in [0.2, 0.25) is 0 Å². The molecule has 3 heterocycles. The average Bonchev–Trinajstić information content (AvgIpc) is 3.11. The van der Waals surface area contributed by atoms with Crippen LogP contribution in [0.1, 0.15) is 18.1 Å². The lowest BCUT2D eigenvalue weighted by Crippen LogP contribution is -2.32. The fraction of sp³-hybridized carbons (Fsp3) is 0.571. The van der Waals surface area contributed by atoms with Gasteiger partial charge in [-0.15, -0.1) is 0 Å². The molecule has 0 spiro atoms. The fourth-order valence-corrected chi connectivity index (χ4v) is 2.64. The number of aliphatic hydroxyl groups excluding tert-OH is 4. The van der Waals surface area contributed by atoms with Gasteiger partial charge in [0.2, 0.25) is 0 Å². The Bertz CT molecular complexity index is 663. The second-order valence-corrected chi connectivity index (χ2v) is 5.35. The summed E-state index contributed by atoms with van der Waals surface area (Å²) in [5.41, 5.74) is 1.34. The van der Waals surface area contributed by atoms with Crippen LogP contribution in [0.15, 0.2) is 17.0 Å². The lowest BCUT2D eigenvalue weighted by Gasteiger charge is -2.12. The molecule has 0 aliphatic carbocycles. The van der Waals surface area contributed by atoms with Gasteiger partial charge in [0.1, 0.15) is 36.3 Å². The molecule has 0 saturated carbocycles. The van der Waals surface area contributed by atoms with Crippen molar-refractivity contribution in [3.8, 4) is 0 Å². The van der Waals surface area contributed by atoms with E-state index in [-0.39, 0.29) is 6.61 Å². The summed E-state index contributed by atoms with van der Waals surface area (Å²) in [6.45, 7) is 0.188. The van der Waals surface area contributed by atoms with Gasteiger partial charge < -0.3 is 34.9 Å². The van der Waals surface area contributed by atoms with Crippen molar-refractivity contribution < 1.29 is 29.6 Å². The number of aromatic nitrogens is 2. The number of aliphatic hydroxyl groups is 4. The van der Waals surface area contributed by atoms with Gasteiger partial charge in [0.05, 0.1) is 12.9 Å². The monoisotopic (exact) mass is 325 g/mol. The summed E-state index contributed by atoms with van der Waals surface area (Å²) in [7, 11) is 0. The Morgan fingerprint density at radius 1 is 1.17 bits per heavy atom. The summed E-state index contributed by atoms with van der Waals surface area (Å²) in [6, 6.07) is 0. The maximum atomic E-state index is 10.1. The summed E-state index contributed by atoms with van der Waals surface area (Å²) in [4.78, 5) is 8.25. The largest absolute Gasteiger partial charge is 0.458 e. The second kappa shape index (κ2) is 6.77. The normalized spacial score (nSPS) is 27.7. The average molecular weight is 325 g/mol. The second-order valence-electron chi connectivity index (χ2n) is 5.35. The zero-order chi connectivity index (χ0) is 16.4. The molecule has 0 bridgehead atoms. The fourth-order valence-electron chi connectivity index (χ4n) is 2.64. The first-order valence-electron chi connectivity index (χ1n) is 7.36. The Balaban J connectivity index is 1.90. The first-order valence-corrected chi connectivity index (χ1v) is 7.36. The molecule has 1 saturated heterocycles. The minimum Gasteiger partial charge on any atom is -0.458 e. The first-order chi connectivity index (χ1) is 11.2. The maximum absolute atomic E-state index is 10.1. The minimum atomic E-state index is -1.19. The third kappa shape index (κ3) is 2.89. The highest BCUT2D eigenvalue weighted by atomic mass is 16.6. The number of nitrogens with one attached hydrogen (secondary N) is 1. The smallest absolute Gasteiger partial charge is 0.194 e. The van der Waals surface area contributed by atoms with Gasteiger partial charge >= 0.3 is 0 Å². The van der Waals surface area contributed by atoms with E-state index in [4.69, 9.17) is 14.3 Å². The van der Waals surface area contributed by atoms with E-state index in [2.05, 4.69) is 15.3 Å². The van der Waals surface area contributed by atoms with Crippen LogP contribution < -0.4 is 5.32 Å². The number of rotatable bonds is 6. The highest BCUT2D eigenvalue weighted by molar-refractivity contribution is 5.86. The Morgan fingerprint density at radius 2 is 2.00 bits per heavy atom. The molecule has 5 N–H and O–H groups in total. The van der Waals surface area contributed by atoms with Crippen molar-refractivity contribution in [3.05, 3.63) is 18.2 Å². The van der Waals surface area contributed by atoms with E-state index in [0.29, 0.717) is 35.4 Å². The summed E-state index contributed by atoms with van der Waals surface area (Å²) in [6.07, 6.45) is -0.755. The molecule has 0 radical (unpaired) electrons. The van der Waals surface area contributed by atoms with Crippen molar-refractivity contribution in [3.63, 3.8) is 0 Å². The van der Waals surface area contributed by atoms with Gasteiger partial charge in [0.25, 0.3) is 0 Å². The third-order valence-electron chi connectivity index (χ3n) is 3.86. The lowest BCUT2D eigenvalue weighted by molar-refractivity contribution is -0.0226. The van der Waals surface area contributed by atoms with E-state index in [1.807, 2.05) is 0 Å². The predicted octanol–water partition coefficient (Wildman–Crippen LogP) is -0.829. The first kappa shape index (κ1) is 16.1. The van der Waals surface area contributed by atoms with E-state index in [1.54, 1.807) is 0 Å². The highest BCUT2D eigenvalue weighted by Crippen LogP contribution is 2.38. The van der Waals surface area contributed by atoms with Gasteiger partial charge in [-0.3, -0.25) is 0 Å². The standard InChI is InChI=1S/C14H19N3O6/c18-3-1-2-15-14-13-9(16-6-17-14)7(5-22-13)12-11(21)10(20)8(4-19)23-12/h5-6,8,10-12,18-21H,1-4H2,(H,15,16,17)/t8-,10-,11-,12?/m1/s1. The molecule has 1 unspecified atom stereocenters. The number of anilines is 1. The molecule has 0 aromatic carbocycles. The molecule has 9 nitrogen and oxygen atoms in total. The molecule has 9 heteroatoms. The van der Waals surface area contributed by atoms with Crippen LogP contribution in [0.5, 0.6) is 0 Å². The minimum absolute atomic E-state index is 0.0627. The lowest BCUT2D eigenvalue weighted by atomic mass is 10.0. The molecule has 126 valence electrons. The molecule has 3 rings (SSSR count). The molecule has 1 fully saturated rings. The van der Waals surface area contributed by atoms with E-state index in [9.17, 15) is 15.3 Å². The molecule has 2 aromatic rings. The van der Waals surface area contributed by atoms with Gasteiger partial charge in [-0.2, -0.15) is 0 Å². The number of ether oxygens (including phenoxy) is 1. The predicted molar refractivity (Wildman–Crippen MR) is 78.7 cm³/mol. The van der Waals surface area contributed by atoms with Crippen molar-refractivity contribution in [1.29, 1.82) is 0 Å². The van der Waals surface area contributed by atoms with Crippen molar-refractivity contribution in [1.82, 2.24) is 9.97 Å². The van der Waals surface area contributed by atoms with Crippen molar-refractivity contribution >= 4 is 16.9 Å². The van der Waals surface area contributed by atoms with Crippen LogP contribution in [-0.4, -0.2) is 68.5 Å². The van der Waals surface area contributed by atoms with Gasteiger partial charge in [-0.25, -0.2) is 9.97 Å². The number of fused-ring (bicyclic) bond motifs is 1.